The van der Waals surface area contributed by atoms with E-state index < -0.39 is 0 Å². The fourth-order valence-electron chi connectivity index (χ4n) is 1.97. The van der Waals surface area contributed by atoms with E-state index in [-0.39, 0.29) is 0 Å². The lowest BCUT2D eigenvalue weighted by atomic mass is 10.0. The van der Waals surface area contributed by atoms with Crippen molar-refractivity contribution in [3.8, 4) is 0 Å². The third-order valence-electron chi connectivity index (χ3n) is 3.36. The second-order valence-corrected chi connectivity index (χ2v) is 5.55. The van der Waals surface area contributed by atoms with Crippen LogP contribution in [0, 0.1) is 11.8 Å². The Morgan fingerprint density at radius 1 is 1.22 bits per heavy atom. The lowest BCUT2D eigenvalue weighted by Gasteiger charge is -2.32. The first kappa shape index (κ1) is 17.6. The molecule has 0 fully saturated rings. The Kier molecular flexibility index (Phi) is 10.3. The van der Waals surface area contributed by atoms with Crippen molar-refractivity contribution in [3.05, 3.63) is 12.7 Å². The maximum atomic E-state index is 5.17. The maximum absolute atomic E-state index is 5.17. The highest BCUT2D eigenvalue weighted by Crippen LogP contribution is 2.10. The second kappa shape index (κ2) is 10.5. The normalized spacial score (nSPS) is 15.1. The van der Waals surface area contributed by atoms with E-state index in [4.69, 9.17) is 4.74 Å². The van der Waals surface area contributed by atoms with Gasteiger partial charge in [-0.05, 0) is 31.8 Å². The topological polar surface area (TPSA) is 24.5 Å². The van der Waals surface area contributed by atoms with Gasteiger partial charge in [0, 0.05) is 26.2 Å². The molecule has 0 radical (unpaired) electrons. The fourth-order valence-corrected chi connectivity index (χ4v) is 1.97. The van der Waals surface area contributed by atoms with E-state index in [0.717, 1.165) is 32.8 Å². The standard InChI is InChI=1S/C15H32N2O/c1-7-8-17(9-10-18-6)15(5)14(4)12-16-11-13(2)3/h7,13-16H,1,8-12H2,2-6H3. The van der Waals surface area contributed by atoms with Crippen LogP contribution < -0.4 is 5.32 Å². The van der Waals surface area contributed by atoms with Crippen molar-refractivity contribution < 1.29 is 4.74 Å². The summed E-state index contributed by atoms with van der Waals surface area (Å²) in [7, 11) is 1.75. The zero-order valence-corrected chi connectivity index (χ0v) is 12.9. The Balaban J connectivity index is 4.09. The molecule has 0 aliphatic carbocycles. The van der Waals surface area contributed by atoms with Gasteiger partial charge in [-0.2, -0.15) is 0 Å². The van der Waals surface area contributed by atoms with Gasteiger partial charge in [0.15, 0.2) is 0 Å². The number of rotatable bonds is 11. The summed E-state index contributed by atoms with van der Waals surface area (Å²) in [5, 5.41) is 3.53. The minimum atomic E-state index is 0.540. The molecule has 0 amide bonds. The second-order valence-electron chi connectivity index (χ2n) is 5.55. The summed E-state index contributed by atoms with van der Waals surface area (Å²) >= 11 is 0. The van der Waals surface area contributed by atoms with Crippen LogP contribution in [0.5, 0.6) is 0 Å². The Morgan fingerprint density at radius 2 is 1.89 bits per heavy atom. The van der Waals surface area contributed by atoms with E-state index in [1.807, 2.05) is 6.08 Å². The Bertz CT molecular complexity index is 207. The van der Waals surface area contributed by atoms with Crippen molar-refractivity contribution >= 4 is 0 Å². The van der Waals surface area contributed by atoms with Crippen molar-refractivity contribution in [3.63, 3.8) is 0 Å². The van der Waals surface area contributed by atoms with Gasteiger partial charge >= 0.3 is 0 Å². The van der Waals surface area contributed by atoms with Crippen LogP contribution in [-0.4, -0.2) is 50.8 Å². The number of hydrogen-bond acceptors (Lipinski definition) is 3. The van der Waals surface area contributed by atoms with E-state index in [1.54, 1.807) is 7.11 Å². The van der Waals surface area contributed by atoms with Crippen LogP contribution in [0.25, 0.3) is 0 Å². The van der Waals surface area contributed by atoms with Crippen LogP contribution in [0.4, 0.5) is 0 Å². The molecule has 0 aliphatic rings. The molecule has 3 nitrogen and oxygen atoms in total. The van der Waals surface area contributed by atoms with Crippen molar-refractivity contribution in [2.24, 2.45) is 11.8 Å². The van der Waals surface area contributed by atoms with Gasteiger partial charge in [0.05, 0.1) is 6.61 Å². The van der Waals surface area contributed by atoms with Crippen molar-refractivity contribution in [1.82, 2.24) is 10.2 Å². The predicted molar refractivity (Wildman–Crippen MR) is 80.0 cm³/mol. The zero-order chi connectivity index (χ0) is 14.0. The molecule has 0 rings (SSSR count). The average Bonchev–Trinajstić information content (AvgIpc) is 2.33. The third kappa shape index (κ3) is 7.85. The molecule has 108 valence electrons. The number of ether oxygens (including phenoxy) is 1. The molecule has 0 aromatic rings. The summed E-state index contributed by atoms with van der Waals surface area (Å²) in [6.07, 6.45) is 1.97. The van der Waals surface area contributed by atoms with E-state index in [9.17, 15) is 0 Å². The predicted octanol–water partition coefficient (Wildman–Crippen LogP) is 2.39. The lowest BCUT2D eigenvalue weighted by Crippen LogP contribution is -2.43. The first-order chi connectivity index (χ1) is 8.52. The van der Waals surface area contributed by atoms with E-state index in [2.05, 4.69) is 44.5 Å². The molecule has 0 bridgehead atoms. The van der Waals surface area contributed by atoms with Gasteiger partial charge < -0.3 is 10.1 Å². The Morgan fingerprint density at radius 3 is 2.39 bits per heavy atom. The van der Waals surface area contributed by atoms with Crippen LogP contribution >= 0.6 is 0 Å². The maximum Gasteiger partial charge on any atom is 0.0589 e. The van der Waals surface area contributed by atoms with Gasteiger partial charge in [-0.1, -0.05) is 26.8 Å². The lowest BCUT2D eigenvalue weighted by molar-refractivity contribution is 0.113. The summed E-state index contributed by atoms with van der Waals surface area (Å²) in [5.74, 6) is 1.34. The highest BCUT2D eigenvalue weighted by molar-refractivity contribution is 4.80. The molecular formula is C15H32N2O. The zero-order valence-electron chi connectivity index (χ0n) is 12.9. The van der Waals surface area contributed by atoms with Crippen LogP contribution in [0.15, 0.2) is 12.7 Å². The van der Waals surface area contributed by atoms with Gasteiger partial charge in [0.1, 0.15) is 0 Å². The summed E-state index contributed by atoms with van der Waals surface area (Å²) in [5.41, 5.74) is 0. The number of nitrogens with one attached hydrogen (secondary N) is 1. The summed E-state index contributed by atoms with van der Waals surface area (Å²) < 4.78 is 5.17. The Hall–Kier alpha value is -0.380. The molecule has 0 saturated heterocycles. The SMILES string of the molecule is C=CCN(CCOC)C(C)C(C)CNCC(C)C. The number of nitrogens with zero attached hydrogens (tertiary/aromatic N) is 1. The Labute approximate surface area is 114 Å². The largest absolute Gasteiger partial charge is 0.383 e. The molecule has 0 aliphatic heterocycles. The molecule has 18 heavy (non-hydrogen) atoms. The van der Waals surface area contributed by atoms with Crippen LogP contribution in [0.1, 0.15) is 27.7 Å². The highest BCUT2D eigenvalue weighted by Gasteiger charge is 2.18. The van der Waals surface area contributed by atoms with Crippen LogP contribution in [-0.2, 0) is 4.74 Å². The monoisotopic (exact) mass is 256 g/mol. The molecule has 0 aromatic heterocycles. The molecule has 1 N–H and O–H groups in total. The first-order valence-corrected chi connectivity index (χ1v) is 7.07. The highest BCUT2D eigenvalue weighted by atomic mass is 16.5. The van der Waals surface area contributed by atoms with E-state index in [0.29, 0.717) is 17.9 Å². The first-order valence-electron chi connectivity index (χ1n) is 7.07. The third-order valence-corrected chi connectivity index (χ3v) is 3.36. The summed E-state index contributed by atoms with van der Waals surface area (Å²) in [4.78, 5) is 2.43. The number of methoxy groups -OCH3 is 1. The van der Waals surface area contributed by atoms with Gasteiger partial charge in [0.2, 0.25) is 0 Å². The van der Waals surface area contributed by atoms with Gasteiger partial charge in [-0.25, -0.2) is 0 Å². The molecule has 0 saturated carbocycles. The number of hydrogen-bond donors (Lipinski definition) is 1. The van der Waals surface area contributed by atoms with Crippen molar-refractivity contribution in [1.29, 1.82) is 0 Å². The van der Waals surface area contributed by atoms with Crippen LogP contribution in [0.3, 0.4) is 0 Å². The van der Waals surface area contributed by atoms with Crippen molar-refractivity contribution in [2.45, 2.75) is 33.7 Å². The summed E-state index contributed by atoms with van der Waals surface area (Å²) in [6, 6.07) is 0.540. The van der Waals surface area contributed by atoms with E-state index in [1.165, 1.54) is 0 Å². The van der Waals surface area contributed by atoms with Crippen molar-refractivity contribution in [2.75, 3.05) is 39.9 Å². The quantitative estimate of drug-likeness (QED) is 0.575. The molecule has 2 atom stereocenters. The van der Waals surface area contributed by atoms with Gasteiger partial charge in [-0.3, -0.25) is 4.90 Å². The van der Waals surface area contributed by atoms with Gasteiger partial charge in [0.25, 0.3) is 0 Å². The minimum absolute atomic E-state index is 0.540. The molecule has 2 unspecified atom stereocenters. The van der Waals surface area contributed by atoms with Crippen LogP contribution in [0.2, 0.25) is 0 Å². The minimum Gasteiger partial charge on any atom is -0.383 e. The molecule has 0 aromatic carbocycles. The van der Waals surface area contributed by atoms with Gasteiger partial charge in [-0.15, -0.1) is 6.58 Å². The molecule has 3 heteroatoms. The molecule has 0 spiro atoms. The average molecular weight is 256 g/mol. The smallest absolute Gasteiger partial charge is 0.0589 e. The van der Waals surface area contributed by atoms with E-state index >= 15 is 0 Å². The summed E-state index contributed by atoms with van der Waals surface area (Å²) in [6.45, 7) is 17.8. The molecular weight excluding hydrogens is 224 g/mol. The fraction of sp³-hybridized carbons (Fsp3) is 0.867. The molecule has 0 heterocycles.